The van der Waals surface area contributed by atoms with E-state index in [4.69, 9.17) is 9.84 Å². The minimum Gasteiger partial charge on any atom is -0.515 e. The van der Waals surface area contributed by atoms with Crippen molar-refractivity contribution in [3.05, 3.63) is 41.2 Å². The van der Waals surface area contributed by atoms with Crippen LogP contribution in [0, 0.1) is 6.92 Å². The second-order valence-electron chi connectivity index (χ2n) is 3.27. The van der Waals surface area contributed by atoms with Gasteiger partial charge in [0, 0.05) is 0 Å². The summed E-state index contributed by atoms with van der Waals surface area (Å²) < 4.78 is 5.30. The fourth-order valence-electron chi connectivity index (χ4n) is 1.44. The summed E-state index contributed by atoms with van der Waals surface area (Å²) in [5.74, 6) is 0.434. The van der Waals surface area contributed by atoms with Gasteiger partial charge < -0.3 is 9.84 Å². The molecule has 0 unspecified atom stereocenters. The molecule has 0 atom stereocenters. The van der Waals surface area contributed by atoms with Gasteiger partial charge in [-0.05, 0) is 19.1 Å². The molecule has 0 saturated carbocycles. The zero-order valence-corrected chi connectivity index (χ0v) is 7.78. The molecular formula is C11H10O3. The molecule has 1 aliphatic heterocycles. The molecule has 72 valence electrons. The SMILES string of the molecule is Cc1ccc2c(c1)C(=O)/C(=C/O)CO2. The first kappa shape index (κ1) is 8.81. The number of benzene rings is 1. The number of hydrogen-bond donors (Lipinski definition) is 1. The molecule has 1 N–H and O–H groups in total. The van der Waals surface area contributed by atoms with Crippen molar-refractivity contribution in [2.45, 2.75) is 6.92 Å². The van der Waals surface area contributed by atoms with Crippen molar-refractivity contribution in [3.63, 3.8) is 0 Å². The Labute approximate surface area is 81.6 Å². The van der Waals surface area contributed by atoms with Crippen LogP contribution in [0.2, 0.25) is 0 Å². The Morgan fingerprint density at radius 3 is 3.00 bits per heavy atom. The molecule has 14 heavy (non-hydrogen) atoms. The molecule has 0 saturated heterocycles. The van der Waals surface area contributed by atoms with Crippen molar-refractivity contribution in [2.75, 3.05) is 6.61 Å². The van der Waals surface area contributed by atoms with Crippen molar-refractivity contribution in [2.24, 2.45) is 0 Å². The minimum absolute atomic E-state index is 0.144. The van der Waals surface area contributed by atoms with Crippen molar-refractivity contribution >= 4 is 5.78 Å². The molecule has 0 amide bonds. The molecule has 1 aliphatic rings. The average molecular weight is 190 g/mol. The Kier molecular flexibility index (Phi) is 2.00. The van der Waals surface area contributed by atoms with Crippen LogP contribution in [0.1, 0.15) is 15.9 Å². The van der Waals surface area contributed by atoms with Gasteiger partial charge in [-0.15, -0.1) is 0 Å². The number of aliphatic hydroxyl groups excluding tert-OH is 1. The van der Waals surface area contributed by atoms with E-state index in [0.29, 0.717) is 16.9 Å². The van der Waals surface area contributed by atoms with Crippen LogP contribution >= 0.6 is 0 Å². The van der Waals surface area contributed by atoms with Crippen molar-refractivity contribution in [1.82, 2.24) is 0 Å². The number of ketones is 1. The monoisotopic (exact) mass is 190 g/mol. The van der Waals surface area contributed by atoms with Gasteiger partial charge in [-0.2, -0.15) is 0 Å². The summed E-state index contributed by atoms with van der Waals surface area (Å²) in [6.45, 7) is 2.05. The van der Waals surface area contributed by atoms with E-state index >= 15 is 0 Å². The normalized spacial score (nSPS) is 17.8. The number of carbonyl (C=O) groups is 1. The number of aryl methyl sites for hydroxylation is 1. The van der Waals surface area contributed by atoms with Gasteiger partial charge in [0.1, 0.15) is 12.4 Å². The zero-order valence-electron chi connectivity index (χ0n) is 7.78. The zero-order chi connectivity index (χ0) is 10.1. The Morgan fingerprint density at radius 2 is 2.29 bits per heavy atom. The van der Waals surface area contributed by atoms with Gasteiger partial charge >= 0.3 is 0 Å². The molecule has 0 aromatic heterocycles. The van der Waals surface area contributed by atoms with Gasteiger partial charge in [0.2, 0.25) is 0 Å². The summed E-state index contributed by atoms with van der Waals surface area (Å²) in [5.41, 5.74) is 1.82. The van der Waals surface area contributed by atoms with Crippen LogP contribution in [-0.4, -0.2) is 17.5 Å². The molecule has 3 nitrogen and oxygen atoms in total. The number of ether oxygens (including phenoxy) is 1. The highest BCUT2D eigenvalue weighted by atomic mass is 16.5. The van der Waals surface area contributed by atoms with Gasteiger partial charge in [-0.1, -0.05) is 11.6 Å². The second-order valence-corrected chi connectivity index (χ2v) is 3.27. The van der Waals surface area contributed by atoms with E-state index in [0.717, 1.165) is 11.8 Å². The second kappa shape index (κ2) is 3.18. The fourth-order valence-corrected chi connectivity index (χ4v) is 1.44. The third kappa shape index (κ3) is 1.27. The third-order valence-corrected chi connectivity index (χ3v) is 2.21. The van der Waals surface area contributed by atoms with Crippen LogP contribution in [0.3, 0.4) is 0 Å². The van der Waals surface area contributed by atoms with E-state index in [2.05, 4.69) is 0 Å². The van der Waals surface area contributed by atoms with Crippen LogP contribution in [0.4, 0.5) is 0 Å². The van der Waals surface area contributed by atoms with Gasteiger partial charge in [-0.25, -0.2) is 0 Å². The van der Waals surface area contributed by atoms with Gasteiger partial charge in [0.05, 0.1) is 17.4 Å². The summed E-state index contributed by atoms with van der Waals surface area (Å²) >= 11 is 0. The van der Waals surface area contributed by atoms with Gasteiger partial charge in [-0.3, -0.25) is 4.79 Å². The third-order valence-electron chi connectivity index (χ3n) is 2.21. The molecule has 3 heteroatoms. The summed E-state index contributed by atoms with van der Waals surface area (Å²) in [5, 5.41) is 8.79. The molecule has 0 radical (unpaired) electrons. The molecule has 0 fully saturated rings. The first-order valence-electron chi connectivity index (χ1n) is 4.34. The van der Waals surface area contributed by atoms with E-state index in [1.54, 1.807) is 12.1 Å². The van der Waals surface area contributed by atoms with E-state index < -0.39 is 0 Å². The lowest BCUT2D eigenvalue weighted by molar-refractivity contribution is 0.0995. The Hall–Kier alpha value is -1.77. The summed E-state index contributed by atoms with van der Waals surface area (Å²) in [4.78, 5) is 11.7. The van der Waals surface area contributed by atoms with Crippen molar-refractivity contribution in [1.29, 1.82) is 0 Å². The first-order valence-corrected chi connectivity index (χ1v) is 4.34. The highest BCUT2D eigenvalue weighted by molar-refractivity contribution is 6.11. The standard InChI is InChI=1S/C11H10O3/c1-7-2-3-10-9(4-7)11(13)8(5-12)6-14-10/h2-5,12H,6H2,1H3/b8-5+. The number of aliphatic hydroxyl groups is 1. The average Bonchev–Trinajstić information content (AvgIpc) is 2.20. The number of rotatable bonds is 0. The lowest BCUT2D eigenvalue weighted by Gasteiger charge is -2.18. The first-order chi connectivity index (χ1) is 6.72. The minimum atomic E-state index is -0.155. The lowest BCUT2D eigenvalue weighted by Crippen LogP contribution is -2.19. The predicted octanol–water partition coefficient (Wildman–Crippen LogP) is 2.01. The number of fused-ring (bicyclic) bond motifs is 1. The smallest absolute Gasteiger partial charge is 0.199 e. The molecule has 0 aliphatic carbocycles. The fraction of sp³-hybridized carbons (Fsp3) is 0.182. The predicted molar refractivity (Wildman–Crippen MR) is 51.7 cm³/mol. The van der Waals surface area contributed by atoms with Gasteiger partial charge in [0.15, 0.2) is 5.78 Å². The maximum atomic E-state index is 11.7. The van der Waals surface area contributed by atoms with E-state index in [1.807, 2.05) is 13.0 Å². The van der Waals surface area contributed by atoms with E-state index in [1.165, 1.54) is 0 Å². The molecular weight excluding hydrogens is 180 g/mol. The van der Waals surface area contributed by atoms with E-state index in [-0.39, 0.29) is 12.4 Å². The molecule has 1 aromatic rings. The quantitative estimate of drug-likeness (QED) is 0.502. The number of Topliss-reactive ketones (excluding diaryl/α,β-unsaturated/α-hetero) is 1. The maximum absolute atomic E-state index is 11.7. The topological polar surface area (TPSA) is 46.5 Å². The Morgan fingerprint density at radius 1 is 1.50 bits per heavy atom. The molecule has 0 spiro atoms. The highest BCUT2D eigenvalue weighted by Crippen LogP contribution is 2.27. The summed E-state index contributed by atoms with van der Waals surface area (Å²) in [6, 6.07) is 5.43. The number of carbonyl (C=O) groups excluding carboxylic acids is 1. The van der Waals surface area contributed by atoms with Crippen LogP contribution in [0.25, 0.3) is 0 Å². The molecule has 1 aromatic carbocycles. The van der Waals surface area contributed by atoms with Crippen LogP contribution in [0.15, 0.2) is 30.0 Å². The largest absolute Gasteiger partial charge is 0.515 e. The van der Waals surface area contributed by atoms with Crippen LogP contribution in [-0.2, 0) is 0 Å². The van der Waals surface area contributed by atoms with Crippen molar-refractivity contribution in [3.8, 4) is 5.75 Å². The highest BCUT2D eigenvalue weighted by Gasteiger charge is 2.23. The molecule has 2 rings (SSSR count). The summed E-state index contributed by atoms with van der Waals surface area (Å²) in [7, 11) is 0. The molecule has 0 bridgehead atoms. The van der Waals surface area contributed by atoms with Crippen LogP contribution in [0.5, 0.6) is 5.75 Å². The lowest BCUT2D eigenvalue weighted by atomic mass is 9.99. The van der Waals surface area contributed by atoms with Crippen molar-refractivity contribution < 1.29 is 14.6 Å². The Balaban J connectivity index is 2.54. The van der Waals surface area contributed by atoms with Crippen LogP contribution < -0.4 is 4.74 Å². The number of hydrogen-bond acceptors (Lipinski definition) is 3. The van der Waals surface area contributed by atoms with E-state index in [9.17, 15) is 4.79 Å². The van der Waals surface area contributed by atoms with Gasteiger partial charge in [0.25, 0.3) is 0 Å². The summed E-state index contributed by atoms with van der Waals surface area (Å²) in [6.07, 6.45) is 0.813. The maximum Gasteiger partial charge on any atom is 0.199 e. The molecule has 1 heterocycles. The Bertz CT molecular complexity index is 419.